The lowest BCUT2D eigenvalue weighted by molar-refractivity contribution is -0.150. The first-order valence-electron chi connectivity index (χ1n) is 5.78. The van der Waals surface area contributed by atoms with Gasteiger partial charge in [0.2, 0.25) is 0 Å². The number of hydrogen-bond acceptors (Lipinski definition) is 2. The molecule has 0 aromatic carbocycles. The van der Waals surface area contributed by atoms with Crippen LogP contribution in [0.15, 0.2) is 0 Å². The van der Waals surface area contributed by atoms with Gasteiger partial charge in [0, 0.05) is 5.41 Å². The third-order valence-corrected chi connectivity index (χ3v) is 3.88. The zero-order chi connectivity index (χ0) is 10.2. The van der Waals surface area contributed by atoms with Gasteiger partial charge in [0.05, 0.1) is 12.5 Å². The van der Waals surface area contributed by atoms with Gasteiger partial charge in [0.25, 0.3) is 0 Å². The summed E-state index contributed by atoms with van der Waals surface area (Å²) in [5.74, 6) is 0.924. The fraction of sp³-hybridized carbons (Fsp3) is 0.917. The SMILES string of the molecule is CC(C)C(=O)OCC12CCC(CC1)C2. The third kappa shape index (κ3) is 1.79. The van der Waals surface area contributed by atoms with E-state index in [9.17, 15) is 4.79 Å². The van der Waals surface area contributed by atoms with Crippen LogP contribution in [0, 0.1) is 17.3 Å². The average molecular weight is 196 g/mol. The largest absolute Gasteiger partial charge is 0.465 e. The van der Waals surface area contributed by atoms with Crippen molar-refractivity contribution >= 4 is 5.97 Å². The summed E-state index contributed by atoms with van der Waals surface area (Å²) >= 11 is 0. The smallest absolute Gasteiger partial charge is 0.308 e. The van der Waals surface area contributed by atoms with Crippen LogP contribution in [0.1, 0.15) is 46.0 Å². The maximum Gasteiger partial charge on any atom is 0.308 e. The molecule has 2 fully saturated rings. The summed E-state index contributed by atoms with van der Waals surface area (Å²) in [6.45, 7) is 4.47. The molecular weight excluding hydrogens is 176 g/mol. The molecule has 0 radical (unpaired) electrons. The van der Waals surface area contributed by atoms with Gasteiger partial charge in [-0.1, -0.05) is 13.8 Å². The molecule has 0 aliphatic heterocycles. The number of rotatable bonds is 3. The molecule has 2 nitrogen and oxygen atoms in total. The molecule has 80 valence electrons. The summed E-state index contributed by atoms with van der Waals surface area (Å²) in [6.07, 6.45) is 6.59. The minimum absolute atomic E-state index is 0.0185. The van der Waals surface area contributed by atoms with Crippen LogP contribution in [0.4, 0.5) is 0 Å². The van der Waals surface area contributed by atoms with Crippen LogP contribution < -0.4 is 0 Å². The highest BCUT2D eigenvalue weighted by Gasteiger charge is 2.45. The van der Waals surface area contributed by atoms with E-state index in [4.69, 9.17) is 4.74 Å². The van der Waals surface area contributed by atoms with Crippen LogP contribution in [0.3, 0.4) is 0 Å². The van der Waals surface area contributed by atoms with E-state index in [1.165, 1.54) is 32.1 Å². The van der Waals surface area contributed by atoms with Crippen LogP contribution in [0.2, 0.25) is 0 Å². The first-order valence-corrected chi connectivity index (χ1v) is 5.78. The molecule has 0 heterocycles. The summed E-state index contributed by atoms with van der Waals surface area (Å²) in [5, 5.41) is 0. The molecule has 2 heteroatoms. The number of carbonyl (C=O) groups is 1. The van der Waals surface area contributed by atoms with E-state index in [0.717, 1.165) is 5.92 Å². The van der Waals surface area contributed by atoms with E-state index < -0.39 is 0 Å². The van der Waals surface area contributed by atoms with Crippen molar-refractivity contribution in [2.45, 2.75) is 46.0 Å². The highest BCUT2D eigenvalue weighted by atomic mass is 16.5. The van der Waals surface area contributed by atoms with Gasteiger partial charge in [0.1, 0.15) is 0 Å². The van der Waals surface area contributed by atoms with Crippen molar-refractivity contribution in [1.29, 1.82) is 0 Å². The molecule has 0 N–H and O–H groups in total. The third-order valence-electron chi connectivity index (χ3n) is 3.88. The number of ether oxygens (including phenoxy) is 1. The van der Waals surface area contributed by atoms with Crippen LogP contribution in [0.5, 0.6) is 0 Å². The molecule has 0 atom stereocenters. The zero-order valence-electron chi connectivity index (χ0n) is 9.21. The Morgan fingerprint density at radius 3 is 2.50 bits per heavy atom. The fourth-order valence-corrected chi connectivity index (χ4v) is 2.90. The monoisotopic (exact) mass is 196 g/mol. The lowest BCUT2D eigenvalue weighted by Crippen LogP contribution is -2.25. The minimum Gasteiger partial charge on any atom is -0.465 e. The molecule has 2 aliphatic rings. The van der Waals surface area contributed by atoms with Gasteiger partial charge in [-0.2, -0.15) is 0 Å². The number of fused-ring (bicyclic) bond motifs is 2. The summed E-state index contributed by atoms with van der Waals surface area (Å²) in [7, 11) is 0. The Morgan fingerprint density at radius 1 is 1.43 bits per heavy atom. The average Bonchev–Trinajstić information content (AvgIpc) is 2.74. The number of carbonyl (C=O) groups excluding carboxylic acids is 1. The van der Waals surface area contributed by atoms with Gasteiger partial charge < -0.3 is 4.74 Å². The first-order chi connectivity index (χ1) is 6.61. The highest BCUT2D eigenvalue weighted by molar-refractivity contribution is 5.71. The Bertz CT molecular complexity index is 224. The van der Waals surface area contributed by atoms with Crippen molar-refractivity contribution in [2.24, 2.45) is 17.3 Å². The van der Waals surface area contributed by atoms with Crippen LogP contribution in [-0.4, -0.2) is 12.6 Å². The first kappa shape index (κ1) is 10.0. The van der Waals surface area contributed by atoms with Crippen molar-refractivity contribution in [3.8, 4) is 0 Å². The van der Waals surface area contributed by atoms with E-state index in [1.54, 1.807) is 0 Å². The Hall–Kier alpha value is -0.530. The Morgan fingerprint density at radius 2 is 2.07 bits per heavy atom. The van der Waals surface area contributed by atoms with E-state index in [1.807, 2.05) is 13.8 Å². The van der Waals surface area contributed by atoms with Gasteiger partial charge in [-0.3, -0.25) is 4.79 Å². The fourth-order valence-electron chi connectivity index (χ4n) is 2.90. The molecule has 2 rings (SSSR count). The normalized spacial score (nSPS) is 35.2. The summed E-state index contributed by atoms with van der Waals surface area (Å²) < 4.78 is 5.37. The minimum atomic E-state index is -0.0327. The molecule has 2 aliphatic carbocycles. The maximum atomic E-state index is 11.3. The van der Waals surface area contributed by atoms with E-state index >= 15 is 0 Å². The summed E-state index contributed by atoms with van der Waals surface area (Å²) in [4.78, 5) is 11.3. The van der Waals surface area contributed by atoms with Gasteiger partial charge in [-0.15, -0.1) is 0 Å². The number of hydrogen-bond donors (Lipinski definition) is 0. The highest BCUT2D eigenvalue weighted by Crippen LogP contribution is 2.54. The van der Waals surface area contributed by atoms with Gasteiger partial charge in [0.15, 0.2) is 0 Å². The Kier molecular flexibility index (Phi) is 2.54. The van der Waals surface area contributed by atoms with Crippen molar-refractivity contribution in [2.75, 3.05) is 6.61 Å². The van der Waals surface area contributed by atoms with E-state index in [0.29, 0.717) is 12.0 Å². The standard InChI is InChI=1S/C12H20O2/c1-9(2)11(13)14-8-12-5-3-10(7-12)4-6-12/h9-10H,3-8H2,1-2H3. The quantitative estimate of drug-likeness (QED) is 0.649. The topological polar surface area (TPSA) is 26.3 Å². The van der Waals surface area contributed by atoms with Crippen LogP contribution in [0.25, 0.3) is 0 Å². The lowest BCUT2D eigenvalue weighted by atomic mass is 9.85. The Balaban J connectivity index is 1.83. The predicted octanol–water partition coefficient (Wildman–Crippen LogP) is 2.77. The van der Waals surface area contributed by atoms with E-state index in [2.05, 4.69) is 0 Å². The van der Waals surface area contributed by atoms with Gasteiger partial charge in [-0.05, 0) is 38.0 Å². The van der Waals surface area contributed by atoms with Crippen molar-refractivity contribution in [1.82, 2.24) is 0 Å². The molecule has 0 amide bonds. The summed E-state index contributed by atoms with van der Waals surface area (Å²) in [5.41, 5.74) is 0.384. The van der Waals surface area contributed by atoms with Crippen molar-refractivity contribution in [3.05, 3.63) is 0 Å². The molecule has 0 aromatic heterocycles. The van der Waals surface area contributed by atoms with Gasteiger partial charge in [-0.25, -0.2) is 0 Å². The number of esters is 1. The van der Waals surface area contributed by atoms with Crippen LogP contribution >= 0.6 is 0 Å². The molecule has 2 saturated carbocycles. The van der Waals surface area contributed by atoms with Crippen molar-refractivity contribution in [3.63, 3.8) is 0 Å². The second kappa shape index (κ2) is 3.56. The summed E-state index contributed by atoms with van der Waals surface area (Å²) in [6, 6.07) is 0. The van der Waals surface area contributed by atoms with E-state index in [-0.39, 0.29) is 11.9 Å². The molecule has 0 spiro atoms. The molecule has 0 unspecified atom stereocenters. The molecule has 14 heavy (non-hydrogen) atoms. The van der Waals surface area contributed by atoms with Crippen LogP contribution in [-0.2, 0) is 9.53 Å². The Labute approximate surface area is 86.0 Å². The molecule has 0 saturated heterocycles. The molecule has 0 aromatic rings. The second-order valence-electron chi connectivity index (χ2n) is 5.41. The lowest BCUT2D eigenvalue weighted by Gasteiger charge is -2.26. The maximum absolute atomic E-state index is 11.3. The second-order valence-corrected chi connectivity index (χ2v) is 5.41. The van der Waals surface area contributed by atoms with Crippen molar-refractivity contribution < 1.29 is 9.53 Å². The van der Waals surface area contributed by atoms with Gasteiger partial charge >= 0.3 is 5.97 Å². The zero-order valence-corrected chi connectivity index (χ0v) is 9.21. The molecular formula is C12H20O2. The molecule has 2 bridgehead atoms. The predicted molar refractivity (Wildman–Crippen MR) is 54.8 cm³/mol.